The van der Waals surface area contributed by atoms with E-state index in [0.29, 0.717) is 26.2 Å². The predicted octanol–water partition coefficient (Wildman–Crippen LogP) is 1.27. The molecule has 0 aromatic heterocycles. The molecular formula is C16H27N3O3. The Morgan fingerprint density at radius 1 is 1.36 bits per heavy atom. The largest absolute Gasteiger partial charge is 0.466 e. The summed E-state index contributed by atoms with van der Waals surface area (Å²) in [5, 5.41) is 8.87. The van der Waals surface area contributed by atoms with Gasteiger partial charge in [0.05, 0.1) is 31.1 Å². The van der Waals surface area contributed by atoms with Gasteiger partial charge in [0.25, 0.3) is 0 Å². The molecule has 1 saturated heterocycles. The van der Waals surface area contributed by atoms with E-state index in [0.717, 1.165) is 25.9 Å². The first-order chi connectivity index (χ1) is 10.5. The molecule has 6 heteroatoms. The molecule has 6 nitrogen and oxygen atoms in total. The van der Waals surface area contributed by atoms with Crippen LogP contribution in [-0.2, 0) is 14.3 Å². The number of ether oxygens (including phenoxy) is 1. The van der Waals surface area contributed by atoms with Crippen LogP contribution in [0.2, 0.25) is 0 Å². The zero-order valence-electron chi connectivity index (χ0n) is 13.9. The van der Waals surface area contributed by atoms with Crippen molar-refractivity contribution in [3.63, 3.8) is 0 Å². The Hall–Kier alpha value is -1.61. The highest BCUT2D eigenvalue weighted by molar-refractivity contribution is 5.78. The number of rotatable bonds is 7. The van der Waals surface area contributed by atoms with Gasteiger partial charge in [0.2, 0.25) is 5.91 Å². The third-order valence-corrected chi connectivity index (χ3v) is 4.02. The quantitative estimate of drug-likeness (QED) is 0.662. The molecule has 1 amide bonds. The molecule has 1 unspecified atom stereocenters. The molecule has 0 aromatic carbocycles. The Kier molecular flexibility index (Phi) is 7.89. The van der Waals surface area contributed by atoms with Crippen LogP contribution in [0.4, 0.5) is 0 Å². The fourth-order valence-corrected chi connectivity index (χ4v) is 2.66. The highest BCUT2D eigenvalue weighted by Crippen LogP contribution is 2.18. The average molecular weight is 309 g/mol. The van der Waals surface area contributed by atoms with E-state index in [2.05, 4.69) is 11.0 Å². The molecule has 0 spiro atoms. The number of carbonyl (C=O) groups is 2. The number of amides is 1. The lowest BCUT2D eigenvalue weighted by atomic mass is 9.97. The zero-order chi connectivity index (χ0) is 16.5. The second kappa shape index (κ2) is 9.42. The number of esters is 1. The van der Waals surface area contributed by atoms with Crippen molar-refractivity contribution in [3.8, 4) is 6.07 Å². The number of likely N-dealkylation sites (N-methyl/N-ethyl adjacent to an activating group) is 1. The van der Waals surface area contributed by atoms with Crippen LogP contribution in [0.3, 0.4) is 0 Å². The molecule has 124 valence electrons. The molecule has 1 atom stereocenters. The number of nitriles is 1. The van der Waals surface area contributed by atoms with Gasteiger partial charge in [-0.1, -0.05) is 0 Å². The standard InChI is InChI=1S/C16H27N3O3/c1-4-19(11-13(3)10-17)15(20)12-18-8-6-14(7-9-18)16(21)22-5-2/h13-14H,4-9,11-12H2,1-3H3. The molecule has 1 rings (SSSR count). The lowest BCUT2D eigenvalue weighted by molar-refractivity contribution is -0.149. The third kappa shape index (κ3) is 5.64. The maximum absolute atomic E-state index is 12.3. The average Bonchev–Trinajstić information content (AvgIpc) is 2.53. The van der Waals surface area contributed by atoms with E-state index in [4.69, 9.17) is 10.00 Å². The van der Waals surface area contributed by atoms with Gasteiger partial charge >= 0.3 is 5.97 Å². The van der Waals surface area contributed by atoms with Crippen molar-refractivity contribution in [2.24, 2.45) is 11.8 Å². The van der Waals surface area contributed by atoms with Gasteiger partial charge < -0.3 is 9.64 Å². The van der Waals surface area contributed by atoms with Gasteiger partial charge in [0.1, 0.15) is 0 Å². The van der Waals surface area contributed by atoms with Crippen molar-refractivity contribution in [2.75, 3.05) is 39.3 Å². The van der Waals surface area contributed by atoms with Gasteiger partial charge in [0.15, 0.2) is 0 Å². The first-order valence-corrected chi connectivity index (χ1v) is 8.08. The van der Waals surface area contributed by atoms with Crippen molar-refractivity contribution >= 4 is 11.9 Å². The monoisotopic (exact) mass is 309 g/mol. The Morgan fingerprint density at radius 2 is 2.00 bits per heavy atom. The van der Waals surface area contributed by atoms with Crippen LogP contribution >= 0.6 is 0 Å². The van der Waals surface area contributed by atoms with Gasteiger partial charge in [-0.25, -0.2) is 0 Å². The molecule has 1 heterocycles. The number of hydrogen-bond acceptors (Lipinski definition) is 5. The Morgan fingerprint density at radius 3 is 2.50 bits per heavy atom. The van der Waals surface area contributed by atoms with E-state index < -0.39 is 0 Å². The molecule has 1 aliphatic heterocycles. The van der Waals surface area contributed by atoms with Crippen LogP contribution in [0, 0.1) is 23.2 Å². The number of carbonyl (C=O) groups excluding carboxylic acids is 2. The maximum Gasteiger partial charge on any atom is 0.309 e. The molecule has 1 fully saturated rings. The van der Waals surface area contributed by atoms with E-state index in [9.17, 15) is 9.59 Å². The minimum atomic E-state index is -0.154. The zero-order valence-corrected chi connectivity index (χ0v) is 13.9. The third-order valence-electron chi connectivity index (χ3n) is 4.02. The van der Waals surface area contributed by atoms with Crippen LogP contribution in [0.5, 0.6) is 0 Å². The number of hydrogen-bond donors (Lipinski definition) is 0. The highest BCUT2D eigenvalue weighted by Gasteiger charge is 2.27. The van der Waals surface area contributed by atoms with Gasteiger partial charge in [-0.15, -0.1) is 0 Å². The molecule has 0 N–H and O–H groups in total. The number of likely N-dealkylation sites (tertiary alicyclic amines) is 1. The Labute approximate surface area is 133 Å². The number of piperidine rings is 1. The van der Waals surface area contributed by atoms with E-state index in [1.807, 2.05) is 20.8 Å². The minimum absolute atomic E-state index is 0.0350. The predicted molar refractivity (Wildman–Crippen MR) is 82.8 cm³/mol. The summed E-state index contributed by atoms with van der Waals surface area (Å²) in [5.74, 6) is -0.253. The van der Waals surface area contributed by atoms with Gasteiger partial charge in [-0.2, -0.15) is 5.26 Å². The normalized spacial score (nSPS) is 17.5. The van der Waals surface area contributed by atoms with Crippen LogP contribution in [-0.4, -0.2) is 61.0 Å². The van der Waals surface area contributed by atoms with Gasteiger partial charge in [-0.05, 0) is 46.7 Å². The molecule has 1 aliphatic rings. The van der Waals surface area contributed by atoms with Crippen molar-refractivity contribution < 1.29 is 14.3 Å². The summed E-state index contributed by atoms with van der Waals surface area (Å²) in [7, 11) is 0. The van der Waals surface area contributed by atoms with Crippen LogP contribution in [0.25, 0.3) is 0 Å². The number of nitrogens with zero attached hydrogens (tertiary/aromatic N) is 3. The molecular weight excluding hydrogens is 282 g/mol. The smallest absolute Gasteiger partial charge is 0.309 e. The summed E-state index contributed by atoms with van der Waals surface area (Å²) in [4.78, 5) is 27.8. The maximum atomic E-state index is 12.3. The first-order valence-electron chi connectivity index (χ1n) is 8.08. The van der Waals surface area contributed by atoms with Crippen molar-refractivity contribution in [3.05, 3.63) is 0 Å². The second-order valence-electron chi connectivity index (χ2n) is 5.76. The lowest BCUT2D eigenvalue weighted by Crippen LogP contribution is -2.45. The Balaban J connectivity index is 2.40. The molecule has 0 aliphatic carbocycles. The highest BCUT2D eigenvalue weighted by atomic mass is 16.5. The molecule has 0 bridgehead atoms. The van der Waals surface area contributed by atoms with E-state index in [1.54, 1.807) is 4.90 Å². The molecule has 0 saturated carbocycles. The van der Waals surface area contributed by atoms with Crippen LogP contribution in [0.1, 0.15) is 33.6 Å². The summed E-state index contributed by atoms with van der Waals surface area (Å²) in [5.41, 5.74) is 0. The second-order valence-corrected chi connectivity index (χ2v) is 5.76. The van der Waals surface area contributed by atoms with Crippen molar-refractivity contribution in [2.45, 2.75) is 33.6 Å². The molecule has 0 aromatic rings. The van der Waals surface area contributed by atoms with Gasteiger partial charge in [0, 0.05) is 13.1 Å². The minimum Gasteiger partial charge on any atom is -0.466 e. The first kappa shape index (κ1) is 18.4. The lowest BCUT2D eigenvalue weighted by Gasteiger charge is -2.32. The fourth-order valence-electron chi connectivity index (χ4n) is 2.66. The SMILES string of the molecule is CCOC(=O)C1CCN(CC(=O)N(CC)CC(C)C#N)CC1. The summed E-state index contributed by atoms with van der Waals surface area (Å²) in [6.45, 7) is 8.90. The van der Waals surface area contributed by atoms with Gasteiger partial charge in [-0.3, -0.25) is 14.5 Å². The van der Waals surface area contributed by atoms with Crippen molar-refractivity contribution in [1.29, 1.82) is 5.26 Å². The van der Waals surface area contributed by atoms with E-state index in [-0.39, 0.29) is 23.7 Å². The Bertz CT molecular complexity index is 411. The summed E-state index contributed by atoms with van der Waals surface area (Å²) >= 11 is 0. The molecule has 22 heavy (non-hydrogen) atoms. The molecule has 0 radical (unpaired) electrons. The van der Waals surface area contributed by atoms with Crippen molar-refractivity contribution in [1.82, 2.24) is 9.80 Å². The summed E-state index contributed by atoms with van der Waals surface area (Å²) in [6, 6.07) is 2.16. The van der Waals surface area contributed by atoms with E-state index >= 15 is 0 Å². The van der Waals surface area contributed by atoms with Crippen LogP contribution in [0.15, 0.2) is 0 Å². The van der Waals surface area contributed by atoms with Crippen LogP contribution < -0.4 is 0 Å². The van der Waals surface area contributed by atoms with E-state index in [1.165, 1.54) is 0 Å². The summed E-state index contributed by atoms with van der Waals surface area (Å²) in [6.07, 6.45) is 1.49. The summed E-state index contributed by atoms with van der Waals surface area (Å²) < 4.78 is 5.05. The topological polar surface area (TPSA) is 73.6 Å². The fraction of sp³-hybridized carbons (Fsp3) is 0.812.